The van der Waals surface area contributed by atoms with E-state index in [0.717, 1.165) is 26.2 Å². The van der Waals surface area contributed by atoms with Crippen LogP contribution in [0.5, 0.6) is 0 Å². The number of nitrogens with zero attached hydrogens (tertiary/aromatic N) is 2. The molecule has 0 aromatic carbocycles. The summed E-state index contributed by atoms with van der Waals surface area (Å²) in [6.45, 7) is 3.49. The molecule has 0 fully saturated rings. The molecule has 4 nitrogen and oxygen atoms in total. The van der Waals surface area contributed by atoms with Crippen LogP contribution in [0.1, 0.15) is 0 Å². The number of alkyl halides is 1. The molecule has 74 valence electrons. The fourth-order valence-corrected chi connectivity index (χ4v) is 1.39. The van der Waals surface area contributed by atoms with E-state index in [1.807, 2.05) is 17.1 Å². The first-order chi connectivity index (χ1) is 6.33. The monoisotopic (exact) mass is 248 g/mol. The molecule has 0 aromatic rings. The molecule has 0 bridgehead atoms. The lowest BCUT2D eigenvalue weighted by Gasteiger charge is -1.99. The first-order valence-corrected chi connectivity index (χ1v) is 5.24. The Morgan fingerprint density at radius 1 is 1.62 bits per heavy atom. The van der Waals surface area contributed by atoms with E-state index in [1.54, 1.807) is 7.11 Å². The molecule has 1 N–H and O–H groups in total. The summed E-state index contributed by atoms with van der Waals surface area (Å²) < 4.78 is 6.84. The van der Waals surface area contributed by atoms with Gasteiger partial charge < -0.3 is 10.1 Å². The minimum absolute atomic E-state index is 0.298. The van der Waals surface area contributed by atoms with Crippen molar-refractivity contribution in [3.8, 4) is 0 Å². The predicted octanol–water partition coefficient (Wildman–Crippen LogP) is 0.0686. The Morgan fingerprint density at radius 2 is 2.46 bits per heavy atom. The van der Waals surface area contributed by atoms with E-state index in [2.05, 4.69) is 26.3 Å². The summed E-state index contributed by atoms with van der Waals surface area (Å²) in [6.07, 6.45) is 3.91. The van der Waals surface area contributed by atoms with Gasteiger partial charge in [-0.1, -0.05) is 20.6 Å². The Bertz CT molecular complexity index is 206. The Hall–Kier alpha value is -0.260. The van der Waals surface area contributed by atoms with Gasteiger partial charge in [-0.25, -0.2) is 0 Å². The third-order valence-corrected chi connectivity index (χ3v) is 2.15. The molecule has 1 aliphatic heterocycles. The topological polar surface area (TPSA) is 36.6 Å². The highest BCUT2D eigenvalue weighted by Gasteiger charge is 2.13. The number of methoxy groups -OCH3 is 1. The minimum atomic E-state index is 0.298. The number of nitrogens with one attached hydrogen (secondary N) is 1. The van der Waals surface area contributed by atoms with Crippen LogP contribution in [0.25, 0.3) is 0 Å². The summed E-state index contributed by atoms with van der Waals surface area (Å²) in [7, 11) is 1.70. The van der Waals surface area contributed by atoms with Crippen molar-refractivity contribution in [1.82, 2.24) is 5.32 Å². The van der Waals surface area contributed by atoms with E-state index in [9.17, 15) is 0 Å². The highest BCUT2D eigenvalue weighted by Crippen LogP contribution is 1.97. The molecule has 1 atom stereocenters. The number of halogens is 1. The van der Waals surface area contributed by atoms with Gasteiger partial charge in [-0.15, -0.1) is 0 Å². The summed E-state index contributed by atoms with van der Waals surface area (Å²) in [5.41, 5.74) is 0. The molecule has 1 unspecified atom stereocenters. The lowest BCUT2D eigenvalue weighted by atomic mass is 10.5. The highest BCUT2D eigenvalue weighted by molar-refractivity contribution is 9.10. The van der Waals surface area contributed by atoms with Crippen LogP contribution in [-0.4, -0.2) is 55.3 Å². The minimum Gasteiger partial charge on any atom is -0.383 e. The van der Waals surface area contributed by atoms with Crippen LogP contribution in [0.3, 0.4) is 0 Å². The van der Waals surface area contributed by atoms with Crippen LogP contribution in [0.2, 0.25) is 0 Å². The third kappa shape index (κ3) is 4.50. The fourth-order valence-electron chi connectivity index (χ4n) is 1.02. The number of hydrogen-bond acceptors (Lipinski definition) is 3. The summed E-state index contributed by atoms with van der Waals surface area (Å²) in [5, 5.41) is 7.42. The van der Waals surface area contributed by atoms with Crippen molar-refractivity contribution in [3.63, 3.8) is 0 Å². The van der Waals surface area contributed by atoms with E-state index in [0.29, 0.717) is 4.83 Å². The lowest BCUT2D eigenvalue weighted by molar-refractivity contribution is -0.523. The molecule has 1 heterocycles. The first-order valence-electron chi connectivity index (χ1n) is 4.32. The van der Waals surface area contributed by atoms with E-state index < -0.39 is 0 Å². The Morgan fingerprint density at radius 3 is 3.08 bits per heavy atom. The maximum Gasteiger partial charge on any atom is 0.192 e. The van der Waals surface area contributed by atoms with Gasteiger partial charge in [0.05, 0.1) is 19.4 Å². The molecule has 0 amide bonds. The average molecular weight is 249 g/mol. The number of ether oxygens (including phenoxy) is 1. The molecule has 0 spiro atoms. The van der Waals surface area contributed by atoms with E-state index in [4.69, 9.17) is 4.74 Å². The van der Waals surface area contributed by atoms with Crippen LogP contribution in [0.15, 0.2) is 5.10 Å². The summed E-state index contributed by atoms with van der Waals surface area (Å²) in [6, 6.07) is 0. The number of hydrazone groups is 1. The van der Waals surface area contributed by atoms with Gasteiger partial charge >= 0.3 is 0 Å². The van der Waals surface area contributed by atoms with Gasteiger partial charge in [-0.05, 0) is 5.10 Å². The second kappa shape index (κ2) is 6.23. The Kier molecular flexibility index (Phi) is 5.19. The zero-order chi connectivity index (χ0) is 9.52. The maximum absolute atomic E-state index is 4.91. The molecule has 0 saturated carbocycles. The van der Waals surface area contributed by atoms with Crippen LogP contribution in [-0.2, 0) is 4.74 Å². The highest BCUT2D eigenvalue weighted by atomic mass is 79.9. The molecule has 0 saturated heterocycles. The molecule has 5 heteroatoms. The molecular formula is C8H15BrN3O+. The summed E-state index contributed by atoms with van der Waals surface area (Å²) >= 11 is 3.43. The molecule has 0 aromatic heterocycles. The zero-order valence-corrected chi connectivity index (χ0v) is 9.33. The molecule has 0 aliphatic carbocycles. The van der Waals surface area contributed by atoms with Crippen molar-refractivity contribution >= 4 is 28.4 Å². The predicted molar refractivity (Wildman–Crippen MR) is 57.1 cm³/mol. The first kappa shape index (κ1) is 10.8. The largest absolute Gasteiger partial charge is 0.383 e. The maximum atomic E-state index is 4.91. The van der Waals surface area contributed by atoms with Gasteiger partial charge in [0, 0.05) is 13.7 Å². The van der Waals surface area contributed by atoms with Crippen molar-refractivity contribution in [3.05, 3.63) is 0 Å². The molecule has 1 rings (SSSR count). The van der Waals surface area contributed by atoms with Crippen LogP contribution >= 0.6 is 15.9 Å². The van der Waals surface area contributed by atoms with Crippen LogP contribution in [0, 0.1) is 0 Å². The van der Waals surface area contributed by atoms with Crippen molar-refractivity contribution < 1.29 is 9.42 Å². The van der Waals surface area contributed by atoms with Gasteiger partial charge in [-0.2, -0.15) is 0 Å². The van der Waals surface area contributed by atoms with Crippen LogP contribution in [0.4, 0.5) is 0 Å². The molecular weight excluding hydrogens is 234 g/mol. The van der Waals surface area contributed by atoms with Crippen molar-refractivity contribution in [2.75, 3.05) is 33.4 Å². The fraction of sp³-hybridized carbons (Fsp3) is 0.750. The second-order valence-corrected chi connectivity index (χ2v) is 3.82. The molecule has 0 radical (unpaired) electrons. The Balaban J connectivity index is 2.00. The van der Waals surface area contributed by atoms with Gasteiger partial charge in [0.2, 0.25) is 0 Å². The van der Waals surface area contributed by atoms with E-state index in [1.165, 1.54) is 0 Å². The van der Waals surface area contributed by atoms with Crippen LogP contribution < -0.4 is 5.32 Å². The summed E-state index contributed by atoms with van der Waals surface area (Å²) in [4.78, 5) is 0.298. The van der Waals surface area contributed by atoms with Gasteiger partial charge in [0.25, 0.3) is 0 Å². The normalized spacial score (nSPS) is 20.8. The van der Waals surface area contributed by atoms with E-state index in [-0.39, 0.29) is 0 Å². The standard InChI is InChI=1S/C8H15BrN3O/c1-13-5-3-10-2-4-12-7-8(9)6-11-12/h6-8,10H,2-5H2,1H3/q+1. The summed E-state index contributed by atoms with van der Waals surface area (Å²) in [5.74, 6) is 0. The van der Waals surface area contributed by atoms with Crippen molar-refractivity contribution in [1.29, 1.82) is 0 Å². The quantitative estimate of drug-likeness (QED) is 0.411. The third-order valence-electron chi connectivity index (χ3n) is 1.67. The zero-order valence-electron chi connectivity index (χ0n) is 7.74. The SMILES string of the molecule is COCCNCC[N+]1=CC(Br)C=N1. The number of rotatable bonds is 6. The second-order valence-electron chi connectivity index (χ2n) is 2.76. The average Bonchev–Trinajstić information content (AvgIpc) is 2.51. The smallest absolute Gasteiger partial charge is 0.192 e. The Labute approximate surface area is 86.8 Å². The lowest BCUT2D eigenvalue weighted by Crippen LogP contribution is -2.26. The molecule has 1 aliphatic rings. The van der Waals surface area contributed by atoms with Crippen molar-refractivity contribution in [2.24, 2.45) is 5.10 Å². The van der Waals surface area contributed by atoms with E-state index >= 15 is 0 Å². The molecule has 13 heavy (non-hydrogen) atoms. The number of hydrogen-bond donors (Lipinski definition) is 1. The van der Waals surface area contributed by atoms with Gasteiger partial charge in [0.15, 0.2) is 12.8 Å². The van der Waals surface area contributed by atoms with Gasteiger partial charge in [-0.3, -0.25) is 0 Å². The van der Waals surface area contributed by atoms with Gasteiger partial charge in [0.1, 0.15) is 4.83 Å². The van der Waals surface area contributed by atoms with Crippen molar-refractivity contribution in [2.45, 2.75) is 4.83 Å².